The number of hydrogen-bond donors (Lipinski definition) is 2. The molecule has 15 heavy (non-hydrogen) atoms. The van der Waals surface area contributed by atoms with E-state index in [9.17, 15) is 0 Å². The van der Waals surface area contributed by atoms with Crippen molar-refractivity contribution in [1.29, 1.82) is 0 Å². The van der Waals surface area contributed by atoms with Gasteiger partial charge in [-0.25, -0.2) is 0 Å². The summed E-state index contributed by atoms with van der Waals surface area (Å²) in [6, 6.07) is 8.36. The van der Waals surface area contributed by atoms with E-state index < -0.39 is 0 Å². The molecule has 1 rings (SSSR count). The Morgan fingerprint density at radius 2 is 2.20 bits per heavy atom. The molecule has 3 N–H and O–H groups in total. The molecule has 0 aliphatic heterocycles. The van der Waals surface area contributed by atoms with Gasteiger partial charge >= 0.3 is 0 Å². The van der Waals surface area contributed by atoms with Crippen LogP contribution >= 0.6 is 15.9 Å². The van der Waals surface area contributed by atoms with Gasteiger partial charge in [0.2, 0.25) is 0 Å². The molecule has 82 valence electrons. The molecular weight excluding hydrogens is 252 g/mol. The SMILES string of the molecule is C=CCCNC(CN)c1ccccc1Br. The van der Waals surface area contributed by atoms with Crippen molar-refractivity contribution < 1.29 is 0 Å². The number of nitrogens with two attached hydrogens (primary N) is 1. The Balaban J connectivity index is 2.65. The lowest BCUT2D eigenvalue weighted by atomic mass is 10.1. The van der Waals surface area contributed by atoms with Crippen molar-refractivity contribution in [2.45, 2.75) is 12.5 Å². The zero-order valence-electron chi connectivity index (χ0n) is 8.75. The molecule has 1 aromatic carbocycles. The van der Waals surface area contributed by atoms with Crippen LogP contribution in [-0.4, -0.2) is 13.1 Å². The molecule has 0 aromatic heterocycles. The van der Waals surface area contributed by atoms with Crippen LogP contribution in [0.1, 0.15) is 18.0 Å². The highest BCUT2D eigenvalue weighted by Crippen LogP contribution is 2.22. The highest BCUT2D eigenvalue weighted by atomic mass is 79.9. The van der Waals surface area contributed by atoms with Crippen molar-refractivity contribution in [3.05, 3.63) is 47.0 Å². The Morgan fingerprint density at radius 3 is 2.80 bits per heavy atom. The Morgan fingerprint density at radius 1 is 1.47 bits per heavy atom. The highest BCUT2D eigenvalue weighted by Gasteiger charge is 2.10. The van der Waals surface area contributed by atoms with E-state index in [2.05, 4.69) is 33.9 Å². The van der Waals surface area contributed by atoms with Crippen LogP contribution in [0.25, 0.3) is 0 Å². The van der Waals surface area contributed by atoms with Crippen LogP contribution < -0.4 is 11.1 Å². The van der Waals surface area contributed by atoms with Crippen molar-refractivity contribution >= 4 is 15.9 Å². The second-order valence-corrected chi connectivity index (χ2v) is 4.20. The van der Waals surface area contributed by atoms with Crippen LogP contribution in [0.5, 0.6) is 0 Å². The fourth-order valence-electron chi connectivity index (χ4n) is 1.44. The number of rotatable bonds is 6. The molecular formula is C12H17BrN2. The number of hydrogen-bond acceptors (Lipinski definition) is 2. The van der Waals surface area contributed by atoms with Crippen molar-refractivity contribution in [2.75, 3.05) is 13.1 Å². The van der Waals surface area contributed by atoms with E-state index in [4.69, 9.17) is 5.73 Å². The summed E-state index contributed by atoms with van der Waals surface area (Å²) in [4.78, 5) is 0. The molecule has 1 aromatic rings. The first-order valence-electron chi connectivity index (χ1n) is 5.08. The molecule has 0 fully saturated rings. The Bertz CT molecular complexity index is 312. The molecule has 0 saturated carbocycles. The molecule has 0 radical (unpaired) electrons. The average Bonchev–Trinajstić information content (AvgIpc) is 2.26. The third-order valence-corrected chi connectivity index (χ3v) is 2.98. The van der Waals surface area contributed by atoms with Gasteiger partial charge in [-0.1, -0.05) is 40.2 Å². The third kappa shape index (κ3) is 3.78. The summed E-state index contributed by atoms with van der Waals surface area (Å²) >= 11 is 3.53. The fraction of sp³-hybridized carbons (Fsp3) is 0.333. The lowest BCUT2D eigenvalue weighted by Crippen LogP contribution is -2.29. The molecule has 0 aliphatic carbocycles. The van der Waals surface area contributed by atoms with Crippen molar-refractivity contribution in [3.8, 4) is 0 Å². The van der Waals surface area contributed by atoms with Crippen LogP contribution in [0.2, 0.25) is 0 Å². The maximum atomic E-state index is 5.75. The molecule has 0 aliphatic rings. The van der Waals surface area contributed by atoms with Gasteiger partial charge in [0.1, 0.15) is 0 Å². The van der Waals surface area contributed by atoms with E-state index >= 15 is 0 Å². The molecule has 0 heterocycles. The predicted molar refractivity (Wildman–Crippen MR) is 68.8 cm³/mol. The fourth-order valence-corrected chi connectivity index (χ4v) is 2.00. The van der Waals surface area contributed by atoms with Gasteiger partial charge in [-0.15, -0.1) is 6.58 Å². The number of benzene rings is 1. The van der Waals surface area contributed by atoms with Gasteiger partial charge in [0, 0.05) is 17.1 Å². The second-order valence-electron chi connectivity index (χ2n) is 3.34. The first-order chi connectivity index (χ1) is 7.29. The van der Waals surface area contributed by atoms with Crippen LogP contribution in [0.4, 0.5) is 0 Å². The minimum absolute atomic E-state index is 0.209. The molecule has 1 unspecified atom stereocenters. The van der Waals surface area contributed by atoms with E-state index in [1.54, 1.807) is 0 Å². The zero-order valence-corrected chi connectivity index (χ0v) is 10.3. The van der Waals surface area contributed by atoms with E-state index in [1.807, 2.05) is 24.3 Å². The average molecular weight is 269 g/mol. The van der Waals surface area contributed by atoms with Crippen molar-refractivity contribution in [1.82, 2.24) is 5.32 Å². The maximum absolute atomic E-state index is 5.75. The molecule has 2 nitrogen and oxygen atoms in total. The van der Waals surface area contributed by atoms with Gasteiger partial charge in [-0.05, 0) is 24.6 Å². The maximum Gasteiger partial charge on any atom is 0.0455 e. The summed E-state index contributed by atoms with van der Waals surface area (Å²) < 4.78 is 1.10. The van der Waals surface area contributed by atoms with Gasteiger partial charge in [-0.2, -0.15) is 0 Å². The summed E-state index contributed by atoms with van der Waals surface area (Å²) in [5, 5.41) is 3.40. The van der Waals surface area contributed by atoms with Gasteiger partial charge in [0.25, 0.3) is 0 Å². The topological polar surface area (TPSA) is 38.0 Å². The lowest BCUT2D eigenvalue weighted by molar-refractivity contribution is 0.547. The molecule has 0 amide bonds. The lowest BCUT2D eigenvalue weighted by Gasteiger charge is -2.18. The third-order valence-electron chi connectivity index (χ3n) is 2.26. The van der Waals surface area contributed by atoms with Gasteiger partial charge < -0.3 is 11.1 Å². The summed E-state index contributed by atoms with van der Waals surface area (Å²) in [6.07, 6.45) is 2.86. The predicted octanol–water partition coefficient (Wildman–Crippen LogP) is 2.61. The Labute approximate surface area is 99.7 Å². The van der Waals surface area contributed by atoms with Crippen LogP contribution in [-0.2, 0) is 0 Å². The Kier molecular flexibility index (Phi) is 5.61. The second kappa shape index (κ2) is 6.77. The van der Waals surface area contributed by atoms with E-state index in [-0.39, 0.29) is 6.04 Å². The van der Waals surface area contributed by atoms with E-state index in [0.29, 0.717) is 6.54 Å². The molecule has 0 bridgehead atoms. The first-order valence-corrected chi connectivity index (χ1v) is 5.87. The number of nitrogens with one attached hydrogen (secondary N) is 1. The van der Waals surface area contributed by atoms with Crippen LogP contribution in [0.15, 0.2) is 41.4 Å². The largest absolute Gasteiger partial charge is 0.329 e. The Hall–Kier alpha value is -0.640. The normalized spacial score (nSPS) is 12.4. The van der Waals surface area contributed by atoms with Crippen LogP contribution in [0, 0.1) is 0 Å². The summed E-state index contributed by atoms with van der Waals surface area (Å²) in [5.74, 6) is 0. The number of halogens is 1. The summed E-state index contributed by atoms with van der Waals surface area (Å²) in [7, 11) is 0. The molecule has 0 saturated heterocycles. The monoisotopic (exact) mass is 268 g/mol. The minimum atomic E-state index is 0.209. The van der Waals surface area contributed by atoms with Crippen LogP contribution in [0.3, 0.4) is 0 Å². The highest BCUT2D eigenvalue weighted by molar-refractivity contribution is 9.10. The van der Waals surface area contributed by atoms with E-state index in [1.165, 1.54) is 5.56 Å². The molecule has 3 heteroatoms. The standard InChI is InChI=1S/C12H17BrN2/c1-2-3-8-15-12(9-14)10-6-4-5-7-11(10)13/h2,4-7,12,15H,1,3,8-9,14H2. The van der Waals surface area contributed by atoms with Crippen molar-refractivity contribution in [3.63, 3.8) is 0 Å². The molecule has 0 spiro atoms. The van der Waals surface area contributed by atoms with Gasteiger partial charge in [0.05, 0.1) is 0 Å². The van der Waals surface area contributed by atoms with E-state index in [0.717, 1.165) is 17.4 Å². The molecule has 1 atom stereocenters. The van der Waals surface area contributed by atoms with Gasteiger partial charge in [-0.3, -0.25) is 0 Å². The quantitative estimate of drug-likeness (QED) is 0.615. The summed E-state index contributed by atoms with van der Waals surface area (Å²) in [6.45, 7) is 5.20. The zero-order chi connectivity index (χ0) is 11.1. The summed E-state index contributed by atoms with van der Waals surface area (Å²) in [5.41, 5.74) is 6.96. The van der Waals surface area contributed by atoms with Crippen molar-refractivity contribution in [2.24, 2.45) is 5.73 Å². The minimum Gasteiger partial charge on any atom is -0.329 e. The first kappa shape index (κ1) is 12.4. The van der Waals surface area contributed by atoms with Gasteiger partial charge in [0.15, 0.2) is 0 Å². The smallest absolute Gasteiger partial charge is 0.0455 e.